The van der Waals surface area contributed by atoms with Crippen molar-refractivity contribution in [2.75, 3.05) is 0 Å². The number of rotatable bonds is 13. The number of nitrogens with zero attached hydrogens (tertiary/aromatic N) is 3. The van der Waals surface area contributed by atoms with Crippen molar-refractivity contribution in [1.29, 1.82) is 0 Å². The van der Waals surface area contributed by atoms with Gasteiger partial charge in [0.1, 0.15) is 12.4 Å². The monoisotopic (exact) mass is 811 g/mol. The van der Waals surface area contributed by atoms with Crippen molar-refractivity contribution >= 4 is 60.8 Å². The van der Waals surface area contributed by atoms with Gasteiger partial charge >= 0.3 is 0 Å². The van der Waals surface area contributed by atoms with Gasteiger partial charge in [-0.2, -0.15) is 0 Å². The Kier molecular flexibility index (Phi) is 11.8. The molecule has 0 saturated heterocycles. The highest BCUT2D eigenvalue weighted by Gasteiger charge is 2.30. The molecule has 0 atom stereocenters. The van der Waals surface area contributed by atoms with Crippen molar-refractivity contribution in [2.24, 2.45) is 0 Å². The maximum Gasteiger partial charge on any atom is 0.269 e. The molecule has 8 bridgehead atoms. The molecule has 0 fully saturated rings. The van der Waals surface area contributed by atoms with E-state index in [1.165, 1.54) is 56.7 Å². The SMILES string of the molecule is CCC1=C(CC)c2nc1cc1[nH]c(cc3[nH]c(cc4nc(c2-c2c(OCc5ccc([N+](=O)[O-])cc5)ccc5ccccc25)C(CC)=C4CC)c(CC)c3CC)c(CC)c1CC. The summed E-state index contributed by atoms with van der Waals surface area (Å²) in [5.74, 6) is 0.712. The molecular formula is C53H57N5O3. The first kappa shape index (κ1) is 41.5. The van der Waals surface area contributed by atoms with Crippen LogP contribution in [0.3, 0.4) is 0 Å². The van der Waals surface area contributed by atoms with Gasteiger partial charge in [-0.1, -0.05) is 85.7 Å². The third kappa shape index (κ3) is 7.26. The molecule has 0 aliphatic carbocycles. The Morgan fingerprint density at radius 2 is 1.02 bits per heavy atom. The Bertz CT molecular complexity index is 2800. The number of ether oxygens (including phenoxy) is 1. The fraction of sp³-hybridized carbons (Fsp3) is 0.321. The van der Waals surface area contributed by atoms with Crippen molar-refractivity contribution in [3.8, 4) is 16.9 Å². The Morgan fingerprint density at radius 3 is 1.48 bits per heavy atom. The lowest BCUT2D eigenvalue weighted by atomic mass is 9.88. The number of hydrogen-bond donors (Lipinski definition) is 2. The van der Waals surface area contributed by atoms with Crippen LogP contribution in [-0.4, -0.2) is 24.9 Å². The highest BCUT2D eigenvalue weighted by atomic mass is 16.6. The maximum atomic E-state index is 11.5. The van der Waals surface area contributed by atoms with Crippen molar-refractivity contribution in [3.63, 3.8) is 0 Å². The average Bonchev–Trinajstić information content (AvgIpc) is 4.01. The Hall–Kier alpha value is -6.28. The van der Waals surface area contributed by atoms with Gasteiger partial charge in [0.15, 0.2) is 0 Å². The Balaban J connectivity index is 1.57. The first-order valence-corrected chi connectivity index (χ1v) is 22.4. The van der Waals surface area contributed by atoms with Gasteiger partial charge in [0.25, 0.3) is 5.69 Å². The minimum absolute atomic E-state index is 0.0532. The molecule has 3 aromatic heterocycles. The number of non-ortho nitro benzene ring substituents is 1. The summed E-state index contributed by atoms with van der Waals surface area (Å²) in [4.78, 5) is 30.4. The van der Waals surface area contributed by atoms with Crippen LogP contribution < -0.4 is 4.74 Å². The standard InChI is InChI=1S/C53H57N5O3/c1-9-34-36(11-3)45-28-47-38(13-5)40(15-7)52(56-47)51(50-42-20-18-17-19-32(42)23-26-49(50)61-30-31-21-24-33(25-22-31)58(59)60)53-41(16-8)39(14-6)48(57-53)29-46-37(12-4)35(10-2)44(55-46)27-43(34)54-45/h17-29,54-55H,9-16,30H2,1-8H3. The minimum Gasteiger partial charge on any atom is -0.488 e. The summed E-state index contributed by atoms with van der Waals surface area (Å²) in [6.45, 7) is 18.2. The smallest absolute Gasteiger partial charge is 0.269 e. The van der Waals surface area contributed by atoms with Crippen LogP contribution in [0, 0.1) is 10.1 Å². The lowest BCUT2D eigenvalue weighted by Crippen LogP contribution is -2.01. The third-order valence-electron chi connectivity index (χ3n) is 12.8. The predicted molar refractivity (Wildman–Crippen MR) is 254 cm³/mol. The van der Waals surface area contributed by atoms with E-state index in [1.807, 2.05) is 0 Å². The minimum atomic E-state index is -0.373. The molecule has 0 radical (unpaired) electrons. The summed E-state index contributed by atoms with van der Waals surface area (Å²) in [5.41, 5.74) is 21.5. The van der Waals surface area contributed by atoms with Crippen molar-refractivity contribution in [2.45, 2.75) is 113 Å². The van der Waals surface area contributed by atoms with Crippen LogP contribution in [0.5, 0.6) is 5.75 Å². The first-order valence-electron chi connectivity index (χ1n) is 22.4. The number of nitrogens with one attached hydrogen (secondary N) is 2. The van der Waals surface area contributed by atoms with Gasteiger partial charge in [-0.15, -0.1) is 0 Å². The van der Waals surface area contributed by atoms with E-state index in [0.29, 0.717) is 5.75 Å². The van der Waals surface area contributed by atoms with E-state index in [0.717, 1.165) is 124 Å². The number of nitro benzene ring substituents is 1. The molecular weight excluding hydrogens is 755 g/mol. The van der Waals surface area contributed by atoms with Gasteiger partial charge < -0.3 is 14.7 Å². The van der Waals surface area contributed by atoms with Gasteiger partial charge in [-0.3, -0.25) is 10.1 Å². The van der Waals surface area contributed by atoms with E-state index in [9.17, 15) is 10.1 Å². The topological polar surface area (TPSA) is 110 Å². The number of benzene rings is 3. The van der Waals surface area contributed by atoms with E-state index in [1.54, 1.807) is 12.1 Å². The number of fused-ring (bicyclic) bond motifs is 9. The molecule has 0 spiro atoms. The number of aromatic amines is 2. The molecule has 5 heterocycles. The molecule has 61 heavy (non-hydrogen) atoms. The molecule has 2 aliphatic rings. The fourth-order valence-electron chi connectivity index (χ4n) is 9.93. The second-order valence-corrected chi connectivity index (χ2v) is 15.9. The molecule has 0 amide bonds. The molecule has 312 valence electrons. The van der Waals surface area contributed by atoms with E-state index in [2.05, 4.69) is 120 Å². The number of H-pyrrole nitrogens is 2. The molecule has 2 N–H and O–H groups in total. The van der Waals surface area contributed by atoms with Gasteiger partial charge in [-0.05, 0) is 149 Å². The van der Waals surface area contributed by atoms with E-state index in [-0.39, 0.29) is 17.2 Å². The zero-order valence-corrected chi connectivity index (χ0v) is 36.9. The van der Waals surface area contributed by atoms with Gasteiger partial charge in [0.2, 0.25) is 0 Å². The predicted octanol–water partition coefficient (Wildman–Crippen LogP) is 14.3. The quantitative estimate of drug-likeness (QED) is 0.0891. The van der Waals surface area contributed by atoms with Crippen LogP contribution in [0.25, 0.3) is 66.3 Å². The van der Waals surface area contributed by atoms with Gasteiger partial charge in [0, 0.05) is 45.3 Å². The number of allylic oxidation sites excluding steroid dienone is 4. The molecule has 0 unspecified atom stereocenters. The second kappa shape index (κ2) is 17.4. The Morgan fingerprint density at radius 1 is 0.541 bits per heavy atom. The summed E-state index contributed by atoms with van der Waals surface area (Å²) in [6, 6.07) is 26.2. The van der Waals surface area contributed by atoms with Crippen LogP contribution in [0.4, 0.5) is 5.69 Å². The molecule has 0 saturated carbocycles. The average molecular weight is 812 g/mol. The summed E-state index contributed by atoms with van der Waals surface area (Å²) >= 11 is 0. The van der Waals surface area contributed by atoms with Crippen LogP contribution in [-0.2, 0) is 32.3 Å². The number of aryl methyl sites for hydroxylation is 4. The fourth-order valence-corrected chi connectivity index (χ4v) is 9.93. The summed E-state index contributed by atoms with van der Waals surface area (Å²) in [5, 5.41) is 13.6. The van der Waals surface area contributed by atoms with Crippen molar-refractivity contribution in [1.82, 2.24) is 19.9 Å². The summed E-state index contributed by atoms with van der Waals surface area (Å²) < 4.78 is 6.86. The van der Waals surface area contributed by atoms with Gasteiger partial charge in [0.05, 0.1) is 27.7 Å². The van der Waals surface area contributed by atoms with E-state index >= 15 is 0 Å². The van der Waals surface area contributed by atoms with Crippen LogP contribution in [0.2, 0.25) is 0 Å². The molecule has 8 nitrogen and oxygen atoms in total. The van der Waals surface area contributed by atoms with Crippen LogP contribution >= 0.6 is 0 Å². The van der Waals surface area contributed by atoms with Crippen molar-refractivity contribution < 1.29 is 9.66 Å². The van der Waals surface area contributed by atoms with Crippen LogP contribution in [0.1, 0.15) is 132 Å². The molecule has 8 heteroatoms. The molecule has 2 aliphatic heterocycles. The highest BCUT2D eigenvalue weighted by molar-refractivity contribution is 6.09. The molecule has 6 aromatic rings. The third-order valence-corrected chi connectivity index (χ3v) is 12.8. The zero-order chi connectivity index (χ0) is 42.9. The second-order valence-electron chi connectivity index (χ2n) is 15.9. The number of nitro groups is 1. The van der Waals surface area contributed by atoms with Crippen LogP contribution in [0.15, 0.2) is 78.9 Å². The highest BCUT2D eigenvalue weighted by Crippen LogP contribution is 2.49. The molecule has 3 aromatic carbocycles. The zero-order valence-electron chi connectivity index (χ0n) is 36.9. The van der Waals surface area contributed by atoms with E-state index < -0.39 is 0 Å². The summed E-state index contributed by atoms with van der Waals surface area (Å²) in [7, 11) is 0. The largest absolute Gasteiger partial charge is 0.488 e. The molecule has 8 rings (SSSR count). The Labute approximate surface area is 359 Å². The normalized spacial score (nSPS) is 12.9. The number of hydrogen-bond acceptors (Lipinski definition) is 5. The maximum absolute atomic E-state index is 11.5. The van der Waals surface area contributed by atoms with E-state index in [4.69, 9.17) is 14.7 Å². The van der Waals surface area contributed by atoms with Gasteiger partial charge in [-0.25, -0.2) is 9.97 Å². The lowest BCUT2D eigenvalue weighted by molar-refractivity contribution is -0.384. The van der Waals surface area contributed by atoms with Crippen molar-refractivity contribution in [3.05, 3.63) is 140 Å². The first-order chi connectivity index (χ1) is 29.7. The lowest BCUT2D eigenvalue weighted by Gasteiger charge is -2.19. The summed E-state index contributed by atoms with van der Waals surface area (Å²) in [6.07, 6.45) is 6.90. The number of aromatic nitrogens is 4.